The molecule has 0 atom stereocenters. The minimum atomic E-state index is -3.38. The Morgan fingerprint density at radius 3 is 2.18 bits per heavy atom. The fraction of sp³-hybridized carbons (Fsp3) is 0.333. The lowest BCUT2D eigenvalue weighted by atomic mass is 10.2. The van der Waals surface area contributed by atoms with E-state index in [0.29, 0.717) is 15.6 Å². The highest BCUT2D eigenvalue weighted by Crippen LogP contribution is 2.20. The lowest BCUT2D eigenvalue weighted by Gasteiger charge is -2.06. The molecule has 0 bridgehead atoms. The summed E-state index contributed by atoms with van der Waals surface area (Å²) < 4.78 is 25.4. The summed E-state index contributed by atoms with van der Waals surface area (Å²) in [4.78, 5) is 0. The maximum Gasteiger partial charge on any atom is 0.215 e. The van der Waals surface area contributed by atoms with Crippen molar-refractivity contribution < 1.29 is 8.42 Å². The molecule has 1 aromatic rings. The van der Waals surface area contributed by atoms with Crippen molar-refractivity contribution in [1.29, 1.82) is 0 Å². The van der Waals surface area contributed by atoms with Crippen molar-refractivity contribution in [1.82, 2.24) is 4.72 Å². The van der Waals surface area contributed by atoms with Gasteiger partial charge in [0.2, 0.25) is 10.0 Å². The van der Waals surface area contributed by atoms with Crippen LogP contribution in [0.4, 0.5) is 0 Å². The molecular weight excluding hydrogens is 307 g/mol. The van der Waals surface area contributed by atoms with Crippen molar-refractivity contribution >= 4 is 45.6 Å². The Kier molecular flexibility index (Phi) is 7.39. The molecule has 0 aromatic heterocycles. The molecule has 4 nitrogen and oxygen atoms in total. The molecule has 98 valence electrons. The number of hydrogen-bond acceptors (Lipinski definition) is 3. The van der Waals surface area contributed by atoms with Crippen LogP contribution in [0.5, 0.6) is 0 Å². The molecule has 0 heterocycles. The van der Waals surface area contributed by atoms with Crippen LogP contribution in [0.2, 0.25) is 10.0 Å². The minimum Gasteiger partial charge on any atom is -0.329 e. The molecule has 0 saturated heterocycles. The van der Waals surface area contributed by atoms with Crippen LogP contribution in [-0.2, 0) is 15.8 Å². The Labute approximate surface area is 117 Å². The lowest BCUT2D eigenvalue weighted by Crippen LogP contribution is -2.30. The van der Waals surface area contributed by atoms with Gasteiger partial charge in [-0.25, -0.2) is 13.1 Å². The number of nitrogens with two attached hydrogens (primary N) is 1. The normalized spacial score (nSPS) is 11.0. The van der Waals surface area contributed by atoms with Crippen molar-refractivity contribution in [2.75, 3.05) is 13.1 Å². The highest BCUT2D eigenvalue weighted by Gasteiger charge is 2.11. The van der Waals surface area contributed by atoms with Gasteiger partial charge in [0.25, 0.3) is 0 Å². The van der Waals surface area contributed by atoms with E-state index in [-0.39, 0.29) is 31.2 Å². The van der Waals surface area contributed by atoms with Crippen molar-refractivity contribution in [3.8, 4) is 0 Å². The SMILES string of the molecule is Cl.NCCNS(=O)(=O)Cc1cc(Cl)cc(Cl)c1. The van der Waals surface area contributed by atoms with Crippen LogP contribution in [0, 0.1) is 0 Å². The van der Waals surface area contributed by atoms with Crippen LogP contribution < -0.4 is 10.5 Å². The van der Waals surface area contributed by atoms with Crippen LogP contribution in [0.25, 0.3) is 0 Å². The number of hydrogen-bond donors (Lipinski definition) is 2. The quantitative estimate of drug-likeness (QED) is 0.869. The van der Waals surface area contributed by atoms with Gasteiger partial charge in [-0.1, -0.05) is 23.2 Å². The van der Waals surface area contributed by atoms with E-state index in [1.165, 1.54) is 0 Å². The minimum absolute atomic E-state index is 0. The number of halogens is 3. The predicted octanol–water partition coefficient (Wildman–Crippen LogP) is 1.79. The number of nitrogens with one attached hydrogen (secondary N) is 1. The molecule has 17 heavy (non-hydrogen) atoms. The molecule has 8 heteroatoms. The standard InChI is InChI=1S/C9H12Cl2N2O2S.ClH/c10-8-3-7(4-9(11)5-8)6-16(14,15)13-2-1-12;/h3-5,13H,1-2,6,12H2;1H. The molecule has 3 N–H and O–H groups in total. The summed E-state index contributed by atoms with van der Waals surface area (Å²) in [5.41, 5.74) is 5.75. The van der Waals surface area contributed by atoms with Gasteiger partial charge in [-0.3, -0.25) is 0 Å². The van der Waals surface area contributed by atoms with E-state index < -0.39 is 10.0 Å². The Morgan fingerprint density at radius 1 is 1.18 bits per heavy atom. The second-order valence-corrected chi connectivity index (χ2v) is 5.90. The number of benzene rings is 1. The average Bonchev–Trinajstić information content (AvgIpc) is 2.12. The van der Waals surface area contributed by atoms with Gasteiger partial charge in [-0.2, -0.15) is 0 Å². The van der Waals surface area contributed by atoms with E-state index in [4.69, 9.17) is 28.9 Å². The smallest absolute Gasteiger partial charge is 0.215 e. The summed E-state index contributed by atoms with van der Waals surface area (Å²) in [6.45, 7) is 0.478. The molecule has 1 rings (SSSR count). The zero-order chi connectivity index (χ0) is 12.2. The van der Waals surface area contributed by atoms with E-state index in [2.05, 4.69) is 4.72 Å². The van der Waals surface area contributed by atoms with Gasteiger partial charge in [-0.05, 0) is 23.8 Å². The molecule has 0 saturated carbocycles. The molecule has 0 fully saturated rings. The highest BCUT2D eigenvalue weighted by molar-refractivity contribution is 7.88. The fourth-order valence-electron chi connectivity index (χ4n) is 1.18. The Bertz CT molecular complexity index is 445. The Hall–Kier alpha value is -0.0400. The van der Waals surface area contributed by atoms with Gasteiger partial charge < -0.3 is 5.73 Å². The first-order chi connectivity index (χ1) is 7.43. The summed E-state index contributed by atoms with van der Waals surface area (Å²) in [6, 6.07) is 4.68. The van der Waals surface area contributed by atoms with Crippen molar-refractivity contribution in [2.45, 2.75) is 5.75 Å². The zero-order valence-corrected chi connectivity index (χ0v) is 12.0. The molecule has 0 spiro atoms. The van der Waals surface area contributed by atoms with E-state index in [0.717, 1.165) is 0 Å². The third kappa shape index (κ3) is 6.45. The van der Waals surface area contributed by atoms with Gasteiger partial charge in [0.1, 0.15) is 0 Å². The molecule has 0 aliphatic carbocycles. The van der Waals surface area contributed by atoms with Gasteiger partial charge in [0, 0.05) is 23.1 Å². The number of sulfonamides is 1. The summed E-state index contributed by atoms with van der Waals surface area (Å²) >= 11 is 11.5. The summed E-state index contributed by atoms with van der Waals surface area (Å²) in [6.07, 6.45) is 0. The summed E-state index contributed by atoms with van der Waals surface area (Å²) in [5, 5.41) is 0.827. The van der Waals surface area contributed by atoms with Gasteiger partial charge in [0.05, 0.1) is 5.75 Å². The van der Waals surface area contributed by atoms with Gasteiger partial charge in [0.15, 0.2) is 0 Å². The second-order valence-electron chi connectivity index (χ2n) is 3.22. The van der Waals surface area contributed by atoms with E-state index >= 15 is 0 Å². The lowest BCUT2D eigenvalue weighted by molar-refractivity contribution is 0.581. The maximum absolute atomic E-state index is 11.5. The summed E-state index contributed by atoms with van der Waals surface area (Å²) in [7, 11) is -3.38. The monoisotopic (exact) mass is 318 g/mol. The van der Waals surface area contributed by atoms with E-state index in [1.54, 1.807) is 18.2 Å². The molecule has 1 aromatic carbocycles. The van der Waals surface area contributed by atoms with Gasteiger partial charge >= 0.3 is 0 Å². The zero-order valence-electron chi connectivity index (χ0n) is 8.82. The second kappa shape index (κ2) is 7.41. The Morgan fingerprint density at radius 2 is 1.71 bits per heavy atom. The van der Waals surface area contributed by atoms with Crippen LogP contribution in [0.15, 0.2) is 18.2 Å². The molecule has 0 amide bonds. The third-order valence-corrected chi connectivity index (χ3v) is 3.54. The van der Waals surface area contributed by atoms with Crippen molar-refractivity contribution in [2.24, 2.45) is 5.73 Å². The Balaban J connectivity index is 0.00000256. The van der Waals surface area contributed by atoms with Gasteiger partial charge in [-0.15, -0.1) is 12.4 Å². The van der Waals surface area contributed by atoms with Crippen LogP contribution in [-0.4, -0.2) is 21.5 Å². The third-order valence-electron chi connectivity index (χ3n) is 1.75. The predicted molar refractivity (Wildman–Crippen MR) is 73.4 cm³/mol. The average molecular weight is 320 g/mol. The van der Waals surface area contributed by atoms with Crippen LogP contribution >= 0.6 is 35.6 Å². The number of rotatable bonds is 5. The summed E-state index contributed by atoms with van der Waals surface area (Å²) in [5.74, 6) is -0.159. The molecule has 0 unspecified atom stereocenters. The topological polar surface area (TPSA) is 72.2 Å². The van der Waals surface area contributed by atoms with E-state index in [1.807, 2.05) is 0 Å². The first-order valence-corrected chi connectivity index (χ1v) is 6.96. The molecular formula is C9H13Cl3N2O2S. The maximum atomic E-state index is 11.5. The van der Waals surface area contributed by atoms with Crippen molar-refractivity contribution in [3.63, 3.8) is 0 Å². The molecule has 0 aliphatic rings. The highest BCUT2D eigenvalue weighted by atomic mass is 35.5. The fourth-order valence-corrected chi connectivity index (χ4v) is 2.89. The first kappa shape index (κ1) is 17.0. The van der Waals surface area contributed by atoms with Crippen molar-refractivity contribution in [3.05, 3.63) is 33.8 Å². The first-order valence-electron chi connectivity index (χ1n) is 4.55. The molecule has 0 aliphatic heterocycles. The largest absolute Gasteiger partial charge is 0.329 e. The van der Waals surface area contributed by atoms with E-state index in [9.17, 15) is 8.42 Å². The molecule has 0 radical (unpaired) electrons. The van der Waals surface area contributed by atoms with Crippen LogP contribution in [0.1, 0.15) is 5.56 Å². The van der Waals surface area contributed by atoms with Crippen LogP contribution in [0.3, 0.4) is 0 Å².